The van der Waals surface area contributed by atoms with Gasteiger partial charge in [-0.2, -0.15) is 0 Å². The second-order valence-corrected chi connectivity index (χ2v) is 5.10. The van der Waals surface area contributed by atoms with Gasteiger partial charge in [0.15, 0.2) is 11.9 Å². The van der Waals surface area contributed by atoms with E-state index in [1.54, 1.807) is 30.3 Å². The average molecular weight is 343 g/mol. The van der Waals surface area contributed by atoms with Gasteiger partial charge in [0.2, 0.25) is 0 Å². The number of nitrogens with zero attached hydrogens (tertiary/aromatic N) is 1. The minimum Gasteiger partial charge on any atom is -0.474 e. The lowest BCUT2D eigenvalue weighted by molar-refractivity contribution is -0.386. The molecule has 0 spiro atoms. The Hall–Kier alpha value is -3.42. The average Bonchev–Trinajstić information content (AvgIpc) is 2.61. The summed E-state index contributed by atoms with van der Waals surface area (Å²) in [5.41, 5.74) is 0.397. The van der Waals surface area contributed by atoms with E-state index in [0.29, 0.717) is 11.3 Å². The quantitative estimate of drug-likeness (QED) is 0.618. The number of amides is 2. The molecule has 8 nitrogen and oxygen atoms in total. The third kappa shape index (κ3) is 4.31. The first kappa shape index (κ1) is 17.9. The van der Waals surface area contributed by atoms with E-state index in [2.05, 4.69) is 10.6 Å². The van der Waals surface area contributed by atoms with Crippen LogP contribution in [0.1, 0.15) is 17.3 Å². The van der Waals surface area contributed by atoms with Gasteiger partial charge < -0.3 is 15.4 Å². The summed E-state index contributed by atoms with van der Waals surface area (Å²) < 4.78 is 5.41. The summed E-state index contributed by atoms with van der Waals surface area (Å²) in [5.74, 6) is -0.882. The number of nitro groups is 1. The predicted molar refractivity (Wildman–Crippen MR) is 91.6 cm³/mol. The Kier molecular flexibility index (Phi) is 5.67. The monoisotopic (exact) mass is 343 g/mol. The molecule has 0 aliphatic heterocycles. The lowest BCUT2D eigenvalue weighted by Crippen LogP contribution is -2.31. The van der Waals surface area contributed by atoms with E-state index in [1.807, 2.05) is 0 Å². The van der Waals surface area contributed by atoms with Crippen molar-refractivity contribution in [2.75, 3.05) is 12.4 Å². The fraction of sp³-hybridized carbons (Fsp3) is 0.176. The standard InChI is InChI=1S/C17H17N3O5/c1-11(25-15-10-6-5-9-14(15)20(23)24)16(21)19-13-8-4-3-7-12(13)17(22)18-2/h3-11H,1-2H3,(H,18,22)(H,19,21)/t11-/m1/s1. The SMILES string of the molecule is CNC(=O)c1ccccc1NC(=O)[C@@H](C)Oc1ccccc1[N+](=O)[O-]. The van der Waals surface area contributed by atoms with Gasteiger partial charge in [0.1, 0.15) is 0 Å². The van der Waals surface area contributed by atoms with E-state index >= 15 is 0 Å². The molecule has 0 aromatic heterocycles. The minimum absolute atomic E-state index is 0.00487. The second kappa shape index (κ2) is 7.91. The van der Waals surface area contributed by atoms with Crippen molar-refractivity contribution in [1.29, 1.82) is 0 Å². The van der Waals surface area contributed by atoms with E-state index in [0.717, 1.165) is 0 Å². The van der Waals surface area contributed by atoms with Crippen LogP contribution in [0.25, 0.3) is 0 Å². The lowest BCUT2D eigenvalue weighted by Gasteiger charge is -2.16. The molecule has 0 bridgehead atoms. The van der Waals surface area contributed by atoms with E-state index in [-0.39, 0.29) is 17.3 Å². The van der Waals surface area contributed by atoms with Gasteiger partial charge in [-0.15, -0.1) is 0 Å². The van der Waals surface area contributed by atoms with E-state index < -0.39 is 16.9 Å². The van der Waals surface area contributed by atoms with Crippen LogP contribution in [0.5, 0.6) is 5.75 Å². The molecular formula is C17H17N3O5. The van der Waals surface area contributed by atoms with Crippen molar-refractivity contribution >= 4 is 23.2 Å². The number of carbonyl (C=O) groups is 2. The summed E-state index contributed by atoms with van der Waals surface area (Å²) >= 11 is 0. The largest absolute Gasteiger partial charge is 0.474 e. The summed E-state index contributed by atoms with van der Waals surface area (Å²) in [6, 6.07) is 12.3. The van der Waals surface area contributed by atoms with Crippen LogP contribution >= 0.6 is 0 Å². The number of rotatable bonds is 6. The van der Waals surface area contributed by atoms with Crippen LogP contribution in [0, 0.1) is 10.1 Å². The number of anilines is 1. The smallest absolute Gasteiger partial charge is 0.310 e. The Labute approximate surface area is 144 Å². The van der Waals surface area contributed by atoms with Crippen molar-refractivity contribution in [2.45, 2.75) is 13.0 Å². The van der Waals surface area contributed by atoms with Gasteiger partial charge in [-0.25, -0.2) is 0 Å². The first-order valence-corrected chi connectivity index (χ1v) is 7.46. The van der Waals surface area contributed by atoms with Crippen molar-refractivity contribution in [3.05, 3.63) is 64.2 Å². The fourth-order valence-corrected chi connectivity index (χ4v) is 2.11. The summed E-state index contributed by atoms with van der Waals surface area (Å²) in [4.78, 5) is 34.6. The lowest BCUT2D eigenvalue weighted by atomic mass is 10.1. The van der Waals surface area contributed by atoms with Gasteiger partial charge in [-0.05, 0) is 25.1 Å². The zero-order valence-electron chi connectivity index (χ0n) is 13.7. The molecule has 0 fully saturated rings. The number of para-hydroxylation sites is 3. The summed E-state index contributed by atoms with van der Waals surface area (Å²) in [7, 11) is 1.49. The summed E-state index contributed by atoms with van der Waals surface area (Å²) in [6.45, 7) is 1.47. The Bertz CT molecular complexity index is 806. The molecule has 1 atom stereocenters. The topological polar surface area (TPSA) is 111 Å². The highest BCUT2D eigenvalue weighted by molar-refractivity contribution is 6.04. The third-order valence-electron chi connectivity index (χ3n) is 3.39. The van der Waals surface area contributed by atoms with Crippen LogP contribution in [0.4, 0.5) is 11.4 Å². The highest BCUT2D eigenvalue weighted by Gasteiger charge is 2.22. The summed E-state index contributed by atoms with van der Waals surface area (Å²) in [6.07, 6.45) is -1.00. The maximum Gasteiger partial charge on any atom is 0.310 e. The van der Waals surface area contributed by atoms with Crippen LogP contribution < -0.4 is 15.4 Å². The number of nitrogens with one attached hydrogen (secondary N) is 2. The second-order valence-electron chi connectivity index (χ2n) is 5.10. The number of nitro benzene ring substituents is 1. The first-order valence-electron chi connectivity index (χ1n) is 7.46. The number of benzene rings is 2. The molecule has 0 heterocycles. The Morgan fingerprint density at radius 3 is 2.44 bits per heavy atom. The molecule has 8 heteroatoms. The van der Waals surface area contributed by atoms with Gasteiger partial charge in [0.25, 0.3) is 11.8 Å². The molecule has 2 N–H and O–H groups in total. The molecule has 0 radical (unpaired) electrons. The Morgan fingerprint density at radius 2 is 1.76 bits per heavy atom. The molecule has 0 aliphatic carbocycles. The first-order chi connectivity index (χ1) is 11.9. The number of carbonyl (C=O) groups excluding carboxylic acids is 2. The van der Waals surface area contributed by atoms with E-state index in [1.165, 1.54) is 32.2 Å². The molecule has 2 aromatic carbocycles. The van der Waals surface area contributed by atoms with Crippen LogP contribution in [-0.2, 0) is 4.79 Å². The van der Waals surface area contributed by atoms with Crippen molar-refractivity contribution in [2.24, 2.45) is 0 Å². The van der Waals surface area contributed by atoms with E-state index in [4.69, 9.17) is 4.74 Å². The molecule has 25 heavy (non-hydrogen) atoms. The van der Waals surface area contributed by atoms with Crippen molar-refractivity contribution in [1.82, 2.24) is 5.32 Å². The van der Waals surface area contributed by atoms with Crippen LogP contribution in [0.2, 0.25) is 0 Å². The molecular weight excluding hydrogens is 326 g/mol. The predicted octanol–water partition coefficient (Wildman–Crippen LogP) is 2.36. The van der Waals surface area contributed by atoms with Gasteiger partial charge >= 0.3 is 5.69 Å². The highest BCUT2D eigenvalue weighted by atomic mass is 16.6. The molecule has 130 valence electrons. The number of ether oxygens (including phenoxy) is 1. The normalized spacial score (nSPS) is 11.3. The molecule has 0 saturated heterocycles. The highest BCUT2D eigenvalue weighted by Crippen LogP contribution is 2.27. The minimum atomic E-state index is -1.00. The maximum atomic E-state index is 12.3. The fourth-order valence-electron chi connectivity index (χ4n) is 2.11. The third-order valence-corrected chi connectivity index (χ3v) is 3.39. The van der Waals surface area contributed by atoms with Gasteiger partial charge in [-0.3, -0.25) is 19.7 Å². The molecule has 2 aromatic rings. The van der Waals surface area contributed by atoms with Crippen LogP contribution in [0.3, 0.4) is 0 Å². The van der Waals surface area contributed by atoms with E-state index in [9.17, 15) is 19.7 Å². The summed E-state index contributed by atoms with van der Waals surface area (Å²) in [5, 5.41) is 16.1. The molecule has 2 rings (SSSR count). The molecule has 2 amide bonds. The van der Waals surface area contributed by atoms with Gasteiger partial charge in [-0.1, -0.05) is 24.3 Å². The molecule has 0 aliphatic rings. The molecule has 0 saturated carbocycles. The number of hydrogen-bond acceptors (Lipinski definition) is 5. The van der Waals surface area contributed by atoms with Crippen molar-refractivity contribution < 1.29 is 19.2 Å². The molecule has 0 unspecified atom stereocenters. The number of hydrogen-bond donors (Lipinski definition) is 2. The Balaban J connectivity index is 2.15. The zero-order chi connectivity index (χ0) is 18.4. The van der Waals surface area contributed by atoms with Crippen LogP contribution in [-0.4, -0.2) is 29.9 Å². The zero-order valence-corrected chi connectivity index (χ0v) is 13.7. The Morgan fingerprint density at radius 1 is 1.12 bits per heavy atom. The van der Waals surface area contributed by atoms with Crippen molar-refractivity contribution in [3.63, 3.8) is 0 Å². The van der Waals surface area contributed by atoms with Crippen molar-refractivity contribution in [3.8, 4) is 5.75 Å². The van der Waals surface area contributed by atoms with Crippen LogP contribution in [0.15, 0.2) is 48.5 Å². The van der Waals surface area contributed by atoms with Gasteiger partial charge in [0, 0.05) is 13.1 Å². The maximum absolute atomic E-state index is 12.3. The van der Waals surface area contributed by atoms with Gasteiger partial charge in [0.05, 0.1) is 16.2 Å².